The fourth-order valence-corrected chi connectivity index (χ4v) is 4.22. The Bertz CT molecular complexity index is 1040. The van der Waals surface area contributed by atoms with Gasteiger partial charge >= 0.3 is 5.97 Å². The van der Waals surface area contributed by atoms with E-state index in [2.05, 4.69) is 31.3 Å². The number of carbonyl (C=O) groups excluding carboxylic acids is 4. The summed E-state index contributed by atoms with van der Waals surface area (Å²) >= 11 is 0. The van der Waals surface area contributed by atoms with Crippen molar-refractivity contribution in [1.82, 2.24) is 21.3 Å². The summed E-state index contributed by atoms with van der Waals surface area (Å²) in [7, 11) is 0. The van der Waals surface area contributed by atoms with Gasteiger partial charge in [-0.1, -0.05) is 6.42 Å². The number of rotatable bonds is 26. The number of nitrogens with two attached hydrogens (primary N) is 7. The molecule has 0 aromatic carbocycles. The van der Waals surface area contributed by atoms with Crippen molar-refractivity contribution in [2.45, 2.75) is 94.4 Å². The minimum Gasteiger partial charge on any atom is -0.480 e. The molecule has 20 nitrogen and oxygen atoms in total. The second-order valence-electron chi connectivity index (χ2n) is 10.8. The SMILES string of the molecule is NCCCC[C@H](NC(=O)[C@H](CO)NC(=O)[C@@H](N)CCCCN)C(=O)N[C@@H](CCCN=C(N)N)C(=O)N[C@@H](CCCN=C(N)N)C(=O)O. The monoisotopic (exact) mass is 673 g/mol. The number of nitrogens with one attached hydrogen (secondary N) is 4. The molecular formula is C27H55N13O7. The molecule has 0 saturated heterocycles. The minimum atomic E-state index is -1.41. The van der Waals surface area contributed by atoms with Gasteiger partial charge in [-0.2, -0.15) is 0 Å². The van der Waals surface area contributed by atoms with Gasteiger partial charge in [-0.25, -0.2) is 4.79 Å². The van der Waals surface area contributed by atoms with Crippen molar-refractivity contribution in [2.75, 3.05) is 32.8 Å². The largest absolute Gasteiger partial charge is 0.480 e. The average Bonchev–Trinajstić information content (AvgIpc) is 3.01. The molecule has 0 fully saturated rings. The average molecular weight is 674 g/mol. The number of guanidine groups is 2. The van der Waals surface area contributed by atoms with Gasteiger partial charge in [0.25, 0.3) is 0 Å². The first-order valence-corrected chi connectivity index (χ1v) is 15.6. The Kier molecular flexibility index (Phi) is 22.6. The first-order valence-electron chi connectivity index (χ1n) is 15.6. The maximum atomic E-state index is 13.5. The van der Waals surface area contributed by atoms with Crippen LogP contribution in [0.2, 0.25) is 0 Å². The van der Waals surface area contributed by atoms with E-state index in [4.69, 9.17) is 40.1 Å². The highest BCUT2D eigenvalue weighted by molar-refractivity contribution is 5.95. The number of carbonyl (C=O) groups is 5. The lowest BCUT2D eigenvalue weighted by Gasteiger charge is -2.26. The molecule has 4 amide bonds. The zero-order chi connectivity index (χ0) is 35.8. The smallest absolute Gasteiger partial charge is 0.326 e. The zero-order valence-electron chi connectivity index (χ0n) is 26.9. The van der Waals surface area contributed by atoms with Crippen LogP contribution < -0.4 is 61.4 Å². The number of carboxylic acids is 1. The van der Waals surface area contributed by atoms with Gasteiger partial charge in [0, 0.05) is 13.1 Å². The molecule has 5 atom stereocenters. The second kappa shape index (κ2) is 24.9. The molecule has 0 radical (unpaired) electrons. The summed E-state index contributed by atoms with van der Waals surface area (Å²) < 4.78 is 0. The Morgan fingerprint density at radius 3 is 1.36 bits per heavy atom. The van der Waals surface area contributed by atoms with Gasteiger partial charge in [-0.05, 0) is 70.9 Å². The molecule has 0 rings (SSSR count). The van der Waals surface area contributed by atoms with Gasteiger partial charge in [0.1, 0.15) is 24.2 Å². The van der Waals surface area contributed by atoms with E-state index in [9.17, 15) is 34.2 Å². The van der Waals surface area contributed by atoms with E-state index >= 15 is 0 Å². The van der Waals surface area contributed by atoms with Crippen LogP contribution in [0.4, 0.5) is 0 Å². The Labute approximate surface area is 274 Å². The van der Waals surface area contributed by atoms with E-state index in [0.717, 1.165) is 0 Å². The van der Waals surface area contributed by atoms with E-state index in [1.807, 2.05) is 0 Å². The van der Waals surface area contributed by atoms with Crippen LogP contribution >= 0.6 is 0 Å². The van der Waals surface area contributed by atoms with Crippen LogP contribution in [0, 0.1) is 0 Å². The number of nitrogens with zero attached hydrogens (tertiary/aromatic N) is 2. The number of aliphatic imine (C=N–C) groups is 2. The number of amides is 4. The van der Waals surface area contributed by atoms with E-state index in [1.165, 1.54) is 0 Å². The molecule has 0 spiro atoms. The van der Waals surface area contributed by atoms with E-state index < -0.39 is 66.4 Å². The quantitative estimate of drug-likeness (QED) is 0.0232. The molecule has 0 saturated carbocycles. The Balaban J connectivity index is 5.83. The fraction of sp³-hybridized carbons (Fsp3) is 0.741. The molecule has 0 aliphatic carbocycles. The standard InChI is InChI=1S/C27H55N13O7/c28-11-3-1-7-16(30)21(42)40-20(15-41)24(45)38-17(8-2-4-12-29)22(43)37-18(9-5-13-35-26(31)32)23(44)39-19(25(46)47)10-6-14-36-27(33)34/h16-20,41H,1-15,28-30H2,(H,37,43)(H,38,45)(H,39,44)(H,40,42)(H,46,47)(H4,31,32,35)(H4,33,34,36)/t16-,17-,18-,19-,20-/m0/s1. The lowest BCUT2D eigenvalue weighted by Crippen LogP contribution is -2.59. The molecule has 0 unspecified atom stereocenters. The topological polar surface area (TPSA) is 381 Å². The van der Waals surface area contributed by atoms with Crippen molar-refractivity contribution in [3.8, 4) is 0 Å². The third-order valence-corrected chi connectivity index (χ3v) is 6.84. The van der Waals surface area contributed by atoms with Crippen molar-refractivity contribution in [1.29, 1.82) is 0 Å². The highest BCUT2D eigenvalue weighted by atomic mass is 16.4. The van der Waals surface area contributed by atoms with Crippen LogP contribution in [0.5, 0.6) is 0 Å². The summed E-state index contributed by atoms with van der Waals surface area (Å²) in [6.45, 7) is 0.227. The van der Waals surface area contributed by atoms with Gasteiger partial charge in [-0.15, -0.1) is 0 Å². The molecule has 0 aromatic heterocycles. The highest BCUT2D eigenvalue weighted by Crippen LogP contribution is 2.07. The van der Waals surface area contributed by atoms with Crippen molar-refractivity contribution in [3.05, 3.63) is 0 Å². The van der Waals surface area contributed by atoms with Crippen LogP contribution in [0.1, 0.15) is 64.2 Å². The molecule has 0 aliphatic heterocycles. The zero-order valence-corrected chi connectivity index (χ0v) is 26.9. The van der Waals surface area contributed by atoms with E-state index in [0.29, 0.717) is 45.2 Å². The number of aliphatic hydroxyl groups is 1. The number of aliphatic hydroxyl groups excluding tert-OH is 1. The summed E-state index contributed by atoms with van der Waals surface area (Å²) in [5, 5.41) is 29.4. The molecule has 0 aliphatic rings. The number of unbranched alkanes of at least 4 members (excludes halogenated alkanes) is 2. The minimum absolute atomic E-state index is 0.00473. The van der Waals surface area contributed by atoms with Gasteiger partial charge < -0.3 is 71.6 Å². The highest BCUT2D eigenvalue weighted by Gasteiger charge is 2.31. The molecule has 270 valence electrons. The van der Waals surface area contributed by atoms with Gasteiger partial charge in [0.2, 0.25) is 23.6 Å². The maximum Gasteiger partial charge on any atom is 0.326 e. The molecule has 0 aromatic rings. The number of aliphatic carboxylic acids is 1. The summed E-state index contributed by atoms with van der Waals surface area (Å²) in [6.07, 6.45) is 3.08. The number of hydrogen-bond donors (Lipinski definition) is 13. The normalized spacial score (nSPS) is 14.0. The van der Waals surface area contributed by atoms with E-state index in [-0.39, 0.29) is 57.1 Å². The van der Waals surface area contributed by atoms with Gasteiger partial charge in [0.05, 0.1) is 12.6 Å². The van der Waals surface area contributed by atoms with Crippen molar-refractivity contribution >= 4 is 41.5 Å². The van der Waals surface area contributed by atoms with E-state index in [1.54, 1.807) is 0 Å². The molecule has 0 heterocycles. The second-order valence-corrected chi connectivity index (χ2v) is 10.8. The number of carboxylic acid groups (broad SMARTS) is 1. The van der Waals surface area contributed by atoms with Crippen LogP contribution in [-0.4, -0.2) is 115 Å². The van der Waals surface area contributed by atoms with Crippen LogP contribution in [-0.2, 0) is 24.0 Å². The molecule has 0 bridgehead atoms. The predicted octanol–water partition coefficient (Wildman–Crippen LogP) is -5.31. The Morgan fingerprint density at radius 1 is 0.553 bits per heavy atom. The molecule has 47 heavy (non-hydrogen) atoms. The van der Waals surface area contributed by atoms with Crippen molar-refractivity contribution < 1.29 is 34.2 Å². The molecular weight excluding hydrogens is 618 g/mol. The predicted molar refractivity (Wildman–Crippen MR) is 176 cm³/mol. The van der Waals surface area contributed by atoms with Crippen LogP contribution in [0.3, 0.4) is 0 Å². The Hall–Kier alpha value is -4.27. The molecule has 20 heteroatoms. The lowest BCUT2D eigenvalue weighted by atomic mass is 10.0. The van der Waals surface area contributed by atoms with Crippen LogP contribution in [0.25, 0.3) is 0 Å². The maximum absolute atomic E-state index is 13.5. The van der Waals surface area contributed by atoms with Gasteiger partial charge in [0.15, 0.2) is 11.9 Å². The third kappa shape index (κ3) is 19.8. The van der Waals surface area contributed by atoms with Crippen molar-refractivity contribution in [2.24, 2.45) is 50.1 Å². The van der Waals surface area contributed by atoms with Crippen molar-refractivity contribution in [3.63, 3.8) is 0 Å². The third-order valence-electron chi connectivity index (χ3n) is 6.84. The molecule has 20 N–H and O–H groups in total. The lowest BCUT2D eigenvalue weighted by molar-refractivity contribution is -0.142. The summed E-state index contributed by atoms with van der Waals surface area (Å²) in [6, 6.07) is -6.12. The van der Waals surface area contributed by atoms with Gasteiger partial charge in [-0.3, -0.25) is 29.2 Å². The summed E-state index contributed by atoms with van der Waals surface area (Å²) in [5.41, 5.74) is 38.2. The Morgan fingerprint density at radius 2 is 0.936 bits per heavy atom. The van der Waals surface area contributed by atoms with Crippen LogP contribution in [0.15, 0.2) is 9.98 Å². The number of hydrogen-bond acceptors (Lipinski definition) is 11. The first-order chi connectivity index (χ1) is 22.3. The first kappa shape index (κ1) is 42.7. The summed E-state index contributed by atoms with van der Waals surface area (Å²) in [4.78, 5) is 71.8. The summed E-state index contributed by atoms with van der Waals surface area (Å²) in [5.74, 6) is -4.73. The fourth-order valence-electron chi connectivity index (χ4n) is 4.22.